The Morgan fingerprint density at radius 1 is 0.659 bits per heavy atom. The minimum absolute atomic E-state index is 0.00212. The Morgan fingerprint density at radius 3 is 1.77 bits per heavy atom. The summed E-state index contributed by atoms with van der Waals surface area (Å²) >= 11 is 0. The maximum Gasteiger partial charge on any atom is 0.338 e. The van der Waals surface area contributed by atoms with E-state index in [-0.39, 0.29) is 34.4 Å². The van der Waals surface area contributed by atoms with E-state index < -0.39 is 23.3 Å². The fraction of sp³-hybridized carbons (Fsp3) is 0.200. The average molecular weight is 599 g/mol. The molecular formula is C35H34O9. The third-order valence-corrected chi connectivity index (χ3v) is 5.87. The average Bonchev–Trinajstić information content (AvgIpc) is 2.97. The van der Waals surface area contributed by atoms with E-state index in [1.165, 1.54) is 45.2 Å². The van der Waals surface area contributed by atoms with Crippen LogP contribution in [-0.2, 0) is 19.2 Å². The molecule has 0 heterocycles. The van der Waals surface area contributed by atoms with Gasteiger partial charge in [-0.05, 0) is 93.8 Å². The smallest absolute Gasteiger partial charge is 0.338 e. The van der Waals surface area contributed by atoms with Crippen LogP contribution in [0.5, 0.6) is 28.7 Å². The van der Waals surface area contributed by atoms with Gasteiger partial charge in [-0.1, -0.05) is 37.4 Å². The first-order valence-corrected chi connectivity index (χ1v) is 13.5. The van der Waals surface area contributed by atoms with Crippen molar-refractivity contribution in [2.75, 3.05) is 7.11 Å². The SMILES string of the molecule is C=C(C)C(=O)Oc1ccc(/C=C/C(=O)Oc2ccc(-c3ccc(OC(=O)C(C)(C)C)cc3)cc2OC)cc1OC(=O)C(=C)C. The first kappa shape index (κ1) is 33.1. The van der Waals surface area contributed by atoms with Crippen molar-refractivity contribution >= 4 is 30.0 Å². The molecular weight excluding hydrogens is 564 g/mol. The van der Waals surface area contributed by atoms with Gasteiger partial charge in [-0.3, -0.25) is 4.79 Å². The van der Waals surface area contributed by atoms with E-state index in [4.69, 9.17) is 23.7 Å². The van der Waals surface area contributed by atoms with Crippen LogP contribution in [0.25, 0.3) is 17.2 Å². The molecule has 0 fully saturated rings. The summed E-state index contributed by atoms with van der Waals surface area (Å²) in [6.45, 7) is 15.4. The van der Waals surface area contributed by atoms with Crippen molar-refractivity contribution < 1.29 is 42.9 Å². The molecule has 3 rings (SSSR count). The predicted molar refractivity (Wildman–Crippen MR) is 166 cm³/mol. The number of hydrogen-bond acceptors (Lipinski definition) is 9. The summed E-state index contributed by atoms with van der Waals surface area (Å²) in [6.07, 6.45) is 2.63. The zero-order chi connectivity index (χ0) is 32.6. The van der Waals surface area contributed by atoms with Crippen LogP contribution in [0, 0.1) is 5.41 Å². The van der Waals surface area contributed by atoms with Crippen LogP contribution < -0.4 is 23.7 Å². The first-order valence-electron chi connectivity index (χ1n) is 13.5. The van der Waals surface area contributed by atoms with Gasteiger partial charge in [0.05, 0.1) is 12.5 Å². The molecule has 9 heteroatoms. The molecule has 0 radical (unpaired) electrons. The second kappa shape index (κ2) is 14.2. The Labute approximate surface area is 256 Å². The minimum atomic E-state index is -0.714. The molecule has 44 heavy (non-hydrogen) atoms. The van der Waals surface area contributed by atoms with Gasteiger partial charge in [0.25, 0.3) is 0 Å². The van der Waals surface area contributed by atoms with Crippen molar-refractivity contribution in [3.8, 4) is 39.9 Å². The molecule has 0 aromatic heterocycles. The van der Waals surface area contributed by atoms with Crippen molar-refractivity contribution in [1.29, 1.82) is 0 Å². The zero-order valence-electron chi connectivity index (χ0n) is 25.5. The maximum atomic E-state index is 12.7. The lowest BCUT2D eigenvalue weighted by molar-refractivity contribution is -0.143. The van der Waals surface area contributed by atoms with E-state index in [9.17, 15) is 19.2 Å². The van der Waals surface area contributed by atoms with Gasteiger partial charge in [-0.2, -0.15) is 0 Å². The maximum absolute atomic E-state index is 12.7. The fourth-order valence-corrected chi connectivity index (χ4v) is 3.38. The van der Waals surface area contributed by atoms with Gasteiger partial charge in [-0.25, -0.2) is 14.4 Å². The molecule has 228 valence electrons. The van der Waals surface area contributed by atoms with Crippen LogP contribution in [0.3, 0.4) is 0 Å². The quantitative estimate of drug-likeness (QED) is 0.140. The van der Waals surface area contributed by atoms with Crippen molar-refractivity contribution in [3.63, 3.8) is 0 Å². The highest BCUT2D eigenvalue weighted by Gasteiger charge is 2.23. The third kappa shape index (κ3) is 9.03. The Kier molecular flexibility index (Phi) is 10.6. The van der Waals surface area contributed by atoms with Crippen LogP contribution in [0.4, 0.5) is 0 Å². The lowest BCUT2D eigenvalue weighted by Gasteiger charge is -2.16. The third-order valence-electron chi connectivity index (χ3n) is 5.87. The monoisotopic (exact) mass is 598 g/mol. The molecule has 9 nitrogen and oxygen atoms in total. The molecule has 0 unspecified atom stereocenters. The number of carbonyl (C=O) groups is 4. The van der Waals surface area contributed by atoms with Gasteiger partial charge < -0.3 is 23.7 Å². The molecule has 0 N–H and O–H groups in total. The zero-order valence-corrected chi connectivity index (χ0v) is 25.5. The summed E-state index contributed by atoms with van der Waals surface area (Å²) in [5.41, 5.74) is 1.76. The highest BCUT2D eigenvalue weighted by atomic mass is 16.6. The predicted octanol–water partition coefficient (Wildman–Crippen LogP) is 6.90. The molecule has 0 saturated heterocycles. The van der Waals surface area contributed by atoms with Crippen molar-refractivity contribution in [2.24, 2.45) is 5.41 Å². The second-order valence-corrected chi connectivity index (χ2v) is 10.8. The van der Waals surface area contributed by atoms with Crippen LogP contribution >= 0.6 is 0 Å². The summed E-state index contributed by atoms with van der Waals surface area (Å²) in [4.78, 5) is 48.9. The molecule has 0 aliphatic rings. The standard InChI is InChI=1S/C35H34O9/c1-21(2)32(37)43-28-16-9-23(19-30(28)44-33(38)22(3)4)10-18-31(36)42-27-17-13-25(20-29(27)40-8)24-11-14-26(15-12-24)41-34(39)35(5,6)7/h9-20H,1,3H2,2,4-8H3/b18-10+. The Hall–Kier alpha value is -5.44. The number of rotatable bonds is 10. The van der Waals surface area contributed by atoms with E-state index in [1.54, 1.807) is 69.3 Å². The highest BCUT2D eigenvalue weighted by Crippen LogP contribution is 2.34. The molecule has 0 spiro atoms. The number of hydrogen-bond donors (Lipinski definition) is 0. The first-order chi connectivity index (χ1) is 20.7. The number of ether oxygens (including phenoxy) is 5. The molecule has 0 aliphatic carbocycles. The fourth-order valence-electron chi connectivity index (χ4n) is 3.38. The number of methoxy groups -OCH3 is 1. The van der Waals surface area contributed by atoms with Gasteiger partial charge in [-0.15, -0.1) is 0 Å². The molecule has 3 aromatic rings. The molecule has 0 saturated carbocycles. The van der Waals surface area contributed by atoms with Crippen LogP contribution in [-0.4, -0.2) is 31.0 Å². The highest BCUT2D eigenvalue weighted by molar-refractivity contribution is 5.92. The molecule has 0 amide bonds. The van der Waals surface area contributed by atoms with E-state index in [2.05, 4.69) is 13.2 Å². The largest absolute Gasteiger partial charge is 0.493 e. The van der Waals surface area contributed by atoms with E-state index in [0.717, 1.165) is 11.1 Å². The van der Waals surface area contributed by atoms with Gasteiger partial charge in [0.1, 0.15) is 5.75 Å². The van der Waals surface area contributed by atoms with Crippen LogP contribution in [0.15, 0.2) is 91.0 Å². The minimum Gasteiger partial charge on any atom is -0.493 e. The Bertz CT molecular complexity index is 1640. The summed E-state index contributed by atoms with van der Waals surface area (Å²) in [7, 11) is 1.46. The lowest BCUT2D eigenvalue weighted by atomic mass is 9.97. The molecule has 0 bridgehead atoms. The van der Waals surface area contributed by atoms with Crippen molar-refractivity contribution in [2.45, 2.75) is 34.6 Å². The second-order valence-electron chi connectivity index (χ2n) is 10.8. The van der Waals surface area contributed by atoms with Gasteiger partial charge in [0.2, 0.25) is 0 Å². The van der Waals surface area contributed by atoms with Crippen molar-refractivity contribution in [3.05, 3.63) is 96.6 Å². The van der Waals surface area contributed by atoms with E-state index in [0.29, 0.717) is 17.1 Å². The van der Waals surface area contributed by atoms with E-state index in [1.807, 2.05) is 0 Å². The molecule has 0 atom stereocenters. The van der Waals surface area contributed by atoms with Gasteiger partial charge in [0, 0.05) is 17.2 Å². The topological polar surface area (TPSA) is 114 Å². The number of esters is 4. The summed E-state index contributed by atoms with van der Waals surface area (Å²) in [6, 6.07) is 16.5. The number of benzene rings is 3. The van der Waals surface area contributed by atoms with Crippen molar-refractivity contribution in [1.82, 2.24) is 0 Å². The normalized spacial score (nSPS) is 11.0. The Morgan fingerprint density at radius 2 is 1.20 bits per heavy atom. The van der Waals surface area contributed by atoms with Gasteiger partial charge >= 0.3 is 23.9 Å². The number of carbonyl (C=O) groups excluding carboxylic acids is 4. The summed E-state index contributed by atoms with van der Waals surface area (Å²) in [5.74, 6) is -1.53. The molecule has 0 aliphatic heterocycles. The van der Waals surface area contributed by atoms with Crippen LogP contribution in [0.2, 0.25) is 0 Å². The van der Waals surface area contributed by atoms with Crippen LogP contribution in [0.1, 0.15) is 40.2 Å². The van der Waals surface area contributed by atoms with E-state index >= 15 is 0 Å². The van der Waals surface area contributed by atoms with Gasteiger partial charge in [0.15, 0.2) is 23.0 Å². The summed E-state index contributed by atoms with van der Waals surface area (Å²) in [5, 5.41) is 0. The lowest BCUT2D eigenvalue weighted by Crippen LogP contribution is -2.25. The summed E-state index contributed by atoms with van der Waals surface area (Å²) < 4.78 is 26.9. The molecule has 3 aromatic carbocycles. The Balaban J connectivity index is 1.75.